The van der Waals surface area contributed by atoms with Crippen LogP contribution in [0, 0.1) is 6.92 Å². The molecule has 0 saturated heterocycles. The van der Waals surface area contributed by atoms with Crippen molar-refractivity contribution in [1.82, 2.24) is 10.3 Å². The number of thiazole rings is 1. The van der Waals surface area contributed by atoms with Gasteiger partial charge in [-0.1, -0.05) is 0 Å². The van der Waals surface area contributed by atoms with Gasteiger partial charge in [-0.3, -0.25) is 4.79 Å². The number of carbonyl (C=O) groups excluding carboxylic acids is 1. The Hall–Kier alpha value is -1.47. The summed E-state index contributed by atoms with van der Waals surface area (Å²) in [5.41, 5.74) is 0.981. The summed E-state index contributed by atoms with van der Waals surface area (Å²) >= 11 is 1.58. The Morgan fingerprint density at radius 3 is 2.85 bits per heavy atom. The number of aryl methyl sites for hydroxylation is 2. The van der Waals surface area contributed by atoms with E-state index in [0.29, 0.717) is 19.4 Å². The zero-order valence-electron chi connectivity index (χ0n) is 11.7. The maximum absolute atomic E-state index is 11.7. The minimum atomic E-state index is -1.04. The predicted octanol–water partition coefficient (Wildman–Crippen LogP) is 1.38. The minimum Gasteiger partial charge on any atom is -0.480 e. The maximum atomic E-state index is 11.7. The molecule has 6 nitrogen and oxygen atoms in total. The predicted molar refractivity (Wildman–Crippen MR) is 75.8 cm³/mol. The number of hydrogen-bond donors (Lipinski definition) is 2. The van der Waals surface area contributed by atoms with Crippen LogP contribution in [0.15, 0.2) is 5.38 Å². The molecule has 1 unspecified atom stereocenters. The third-order valence-electron chi connectivity index (χ3n) is 2.75. The molecule has 7 heteroatoms. The average Bonchev–Trinajstić information content (AvgIpc) is 2.80. The molecule has 0 aromatic carbocycles. The second-order valence-corrected chi connectivity index (χ2v) is 5.51. The standard InChI is InChI=1S/C13H20N2O4S/c1-9-14-10(8-20-9)4-3-5-12(16)15-11(13(17)18)6-7-19-2/h8,11H,3-7H2,1-2H3,(H,15,16)(H,17,18). The summed E-state index contributed by atoms with van der Waals surface area (Å²) in [5, 5.41) is 14.5. The number of aliphatic carboxylic acids is 1. The van der Waals surface area contributed by atoms with Crippen molar-refractivity contribution < 1.29 is 19.4 Å². The van der Waals surface area contributed by atoms with E-state index in [-0.39, 0.29) is 12.3 Å². The number of aromatic nitrogens is 1. The van der Waals surface area contributed by atoms with Crippen molar-refractivity contribution in [1.29, 1.82) is 0 Å². The fraction of sp³-hybridized carbons (Fsp3) is 0.615. The van der Waals surface area contributed by atoms with Gasteiger partial charge in [0.15, 0.2) is 0 Å². The van der Waals surface area contributed by atoms with E-state index in [1.54, 1.807) is 11.3 Å². The summed E-state index contributed by atoms with van der Waals surface area (Å²) in [5.74, 6) is -1.29. The van der Waals surface area contributed by atoms with Crippen molar-refractivity contribution in [3.8, 4) is 0 Å². The van der Waals surface area contributed by atoms with E-state index in [1.165, 1.54) is 7.11 Å². The monoisotopic (exact) mass is 300 g/mol. The minimum absolute atomic E-state index is 0.250. The van der Waals surface area contributed by atoms with E-state index in [4.69, 9.17) is 9.84 Å². The van der Waals surface area contributed by atoms with Crippen LogP contribution < -0.4 is 5.32 Å². The van der Waals surface area contributed by atoms with Crippen molar-refractivity contribution >= 4 is 23.2 Å². The van der Waals surface area contributed by atoms with Crippen LogP contribution in [0.3, 0.4) is 0 Å². The van der Waals surface area contributed by atoms with Crippen LogP contribution in [0.4, 0.5) is 0 Å². The van der Waals surface area contributed by atoms with E-state index in [0.717, 1.165) is 17.1 Å². The molecule has 1 rings (SSSR count). The lowest BCUT2D eigenvalue weighted by Gasteiger charge is -2.13. The number of nitrogens with zero attached hydrogens (tertiary/aromatic N) is 1. The lowest BCUT2D eigenvalue weighted by atomic mass is 10.1. The highest BCUT2D eigenvalue weighted by molar-refractivity contribution is 7.09. The van der Waals surface area contributed by atoms with Crippen LogP contribution in [0.1, 0.15) is 30.0 Å². The molecule has 0 saturated carbocycles. The van der Waals surface area contributed by atoms with Crippen molar-refractivity contribution in [2.45, 2.75) is 38.6 Å². The van der Waals surface area contributed by atoms with Crippen LogP contribution in [-0.2, 0) is 20.7 Å². The topological polar surface area (TPSA) is 88.5 Å². The number of methoxy groups -OCH3 is 1. The number of carbonyl (C=O) groups is 2. The van der Waals surface area contributed by atoms with Gasteiger partial charge in [-0.25, -0.2) is 9.78 Å². The Labute approximate surface area is 122 Å². The Kier molecular flexibility index (Phi) is 7.17. The second-order valence-electron chi connectivity index (χ2n) is 4.45. The fourth-order valence-electron chi connectivity index (χ4n) is 1.71. The van der Waals surface area contributed by atoms with Gasteiger partial charge in [-0.2, -0.15) is 0 Å². The second kappa shape index (κ2) is 8.65. The molecule has 0 aliphatic heterocycles. The molecule has 2 N–H and O–H groups in total. The molecule has 0 bridgehead atoms. The van der Waals surface area contributed by atoms with E-state index in [1.807, 2.05) is 12.3 Å². The van der Waals surface area contributed by atoms with Crippen molar-refractivity contribution in [3.05, 3.63) is 16.1 Å². The van der Waals surface area contributed by atoms with Gasteiger partial charge in [0, 0.05) is 31.9 Å². The quantitative estimate of drug-likeness (QED) is 0.719. The first-order valence-electron chi connectivity index (χ1n) is 6.45. The molecule has 0 aliphatic rings. The molecule has 0 fully saturated rings. The number of rotatable bonds is 9. The van der Waals surface area contributed by atoms with Crippen LogP contribution in [0.2, 0.25) is 0 Å². The van der Waals surface area contributed by atoms with E-state index in [9.17, 15) is 9.59 Å². The molecule has 1 heterocycles. The summed E-state index contributed by atoms with van der Waals surface area (Å²) < 4.78 is 4.82. The van der Waals surface area contributed by atoms with Crippen molar-refractivity contribution in [2.75, 3.05) is 13.7 Å². The summed E-state index contributed by atoms with van der Waals surface area (Å²) in [6, 6.07) is -0.885. The number of hydrogen-bond acceptors (Lipinski definition) is 5. The van der Waals surface area contributed by atoms with Gasteiger partial charge in [0.05, 0.1) is 10.7 Å². The number of nitrogens with one attached hydrogen (secondary N) is 1. The lowest BCUT2D eigenvalue weighted by Crippen LogP contribution is -2.41. The van der Waals surface area contributed by atoms with Crippen LogP contribution in [0.5, 0.6) is 0 Å². The first-order chi connectivity index (χ1) is 9.52. The Morgan fingerprint density at radius 2 is 2.30 bits per heavy atom. The highest BCUT2D eigenvalue weighted by Crippen LogP contribution is 2.10. The molecular weight excluding hydrogens is 280 g/mol. The smallest absolute Gasteiger partial charge is 0.326 e. The zero-order chi connectivity index (χ0) is 15.0. The molecule has 0 spiro atoms. The van der Waals surface area contributed by atoms with Gasteiger partial charge >= 0.3 is 5.97 Å². The van der Waals surface area contributed by atoms with Gasteiger partial charge in [0.2, 0.25) is 5.91 Å². The van der Waals surface area contributed by atoms with Crippen molar-refractivity contribution in [3.63, 3.8) is 0 Å². The third-order valence-corrected chi connectivity index (χ3v) is 3.57. The van der Waals surface area contributed by atoms with Gasteiger partial charge in [0.25, 0.3) is 0 Å². The zero-order valence-corrected chi connectivity index (χ0v) is 12.5. The Bertz CT molecular complexity index is 447. The molecule has 1 atom stereocenters. The Morgan fingerprint density at radius 1 is 1.55 bits per heavy atom. The van der Waals surface area contributed by atoms with Crippen LogP contribution in [-0.4, -0.2) is 41.7 Å². The largest absolute Gasteiger partial charge is 0.480 e. The molecule has 1 aromatic rings. The van der Waals surface area contributed by atoms with E-state index in [2.05, 4.69) is 10.3 Å². The lowest BCUT2D eigenvalue weighted by molar-refractivity contribution is -0.142. The van der Waals surface area contributed by atoms with Crippen molar-refractivity contribution in [2.24, 2.45) is 0 Å². The summed E-state index contributed by atoms with van der Waals surface area (Å²) in [4.78, 5) is 27.0. The normalized spacial score (nSPS) is 12.1. The van der Waals surface area contributed by atoms with E-state index >= 15 is 0 Å². The van der Waals surface area contributed by atoms with Gasteiger partial charge in [0.1, 0.15) is 6.04 Å². The molecule has 1 aromatic heterocycles. The number of carboxylic acid groups (broad SMARTS) is 1. The average molecular weight is 300 g/mol. The highest BCUT2D eigenvalue weighted by atomic mass is 32.1. The SMILES string of the molecule is COCCC(NC(=O)CCCc1csc(C)n1)C(=O)O. The van der Waals surface area contributed by atoms with E-state index < -0.39 is 12.0 Å². The molecule has 0 radical (unpaired) electrons. The third kappa shape index (κ3) is 6.12. The van der Waals surface area contributed by atoms with Gasteiger partial charge in [-0.05, 0) is 19.8 Å². The number of carboxylic acids is 1. The molecule has 1 amide bonds. The van der Waals surface area contributed by atoms with Gasteiger partial charge < -0.3 is 15.2 Å². The van der Waals surface area contributed by atoms with Crippen LogP contribution >= 0.6 is 11.3 Å². The summed E-state index contributed by atoms with van der Waals surface area (Å²) in [6.45, 7) is 2.24. The summed E-state index contributed by atoms with van der Waals surface area (Å²) in [6.07, 6.45) is 1.95. The number of amides is 1. The Balaban J connectivity index is 2.28. The molecule has 20 heavy (non-hydrogen) atoms. The highest BCUT2D eigenvalue weighted by Gasteiger charge is 2.19. The van der Waals surface area contributed by atoms with Gasteiger partial charge in [-0.15, -0.1) is 11.3 Å². The maximum Gasteiger partial charge on any atom is 0.326 e. The van der Waals surface area contributed by atoms with Crippen LogP contribution in [0.25, 0.3) is 0 Å². The first kappa shape index (κ1) is 16.6. The molecule has 0 aliphatic carbocycles. The molecular formula is C13H20N2O4S. The first-order valence-corrected chi connectivity index (χ1v) is 7.33. The fourth-order valence-corrected chi connectivity index (χ4v) is 2.36. The summed E-state index contributed by atoms with van der Waals surface area (Å²) in [7, 11) is 1.50. The number of ether oxygens (including phenoxy) is 1. The molecule has 112 valence electrons.